The zero-order valence-corrected chi connectivity index (χ0v) is 13.4. The van der Waals surface area contributed by atoms with Crippen LogP contribution in [0.15, 0.2) is 25.3 Å². The van der Waals surface area contributed by atoms with Gasteiger partial charge >= 0.3 is 11.9 Å². The summed E-state index contributed by atoms with van der Waals surface area (Å²) in [6.45, 7) is 12.8. The number of aliphatic hydroxyl groups excluding tert-OH is 2. The van der Waals surface area contributed by atoms with Crippen LogP contribution < -0.4 is 0 Å². The van der Waals surface area contributed by atoms with Crippen LogP contribution in [0.3, 0.4) is 0 Å². The molecule has 0 amide bonds. The SMILES string of the molecule is C=CC(=O)O.C=CC(=O)O.CC(C)O.CC(C)O.[Ti]. The van der Waals surface area contributed by atoms with E-state index >= 15 is 0 Å². The topological polar surface area (TPSA) is 115 Å². The summed E-state index contributed by atoms with van der Waals surface area (Å²) in [4.78, 5) is 18.5. The average Bonchev–Trinajstić information content (AvgIpc) is 2.16. The van der Waals surface area contributed by atoms with Crippen LogP contribution >= 0.6 is 0 Å². The molecule has 7 heteroatoms. The fraction of sp³-hybridized carbons (Fsp3) is 0.500. The van der Waals surface area contributed by atoms with Crippen molar-refractivity contribution in [3.8, 4) is 0 Å². The van der Waals surface area contributed by atoms with Crippen molar-refractivity contribution in [3.05, 3.63) is 25.3 Å². The maximum atomic E-state index is 9.25. The van der Waals surface area contributed by atoms with Gasteiger partial charge in [-0.15, -0.1) is 0 Å². The summed E-state index contributed by atoms with van der Waals surface area (Å²) in [5.74, 6) is -1.96. The number of carbonyl (C=O) groups is 2. The summed E-state index contributed by atoms with van der Waals surface area (Å²) in [7, 11) is 0. The first kappa shape index (κ1) is 30.8. The predicted octanol–water partition coefficient (Wildman–Crippen LogP) is 1.29. The Morgan fingerprint density at radius 2 is 0.895 bits per heavy atom. The molecular weight excluding hydrogens is 288 g/mol. The van der Waals surface area contributed by atoms with Gasteiger partial charge in [-0.3, -0.25) is 0 Å². The average molecular weight is 312 g/mol. The fourth-order valence-corrected chi connectivity index (χ4v) is 0. The van der Waals surface area contributed by atoms with Gasteiger partial charge in [0.2, 0.25) is 0 Å². The Labute approximate surface area is 129 Å². The molecule has 0 aromatic carbocycles. The molecule has 6 nitrogen and oxygen atoms in total. The molecule has 0 bridgehead atoms. The van der Waals surface area contributed by atoms with Crippen LogP contribution in [-0.2, 0) is 31.3 Å². The molecule has 0 aliphatic heterocycles. The van der Waals surface area contributed by atoms with E-state index < -0.39 is 11.9 Å². The van der Waals surface area contributed by atoms with Crippen LogP contribution in [-0.4, -0.2) is 44.6 Å². The molecule has 0 aliphatic rings. The van der Waals surface area contributed by atoms with Crippen LogP contribution in [0.2, 0.25) is 0 Å². The van der Waals surface area contributed by atoms with Crippen molar-refractivity contribution in [1.82, 2.24) is 0 Å². The van der Waals surface area contributed by atoms with E-state index in [1.807, 2.05) is 0 Å². The fourth-order valence-electron chi connectivity index (χ4n) is 0. The quantitative estimate of drug-likeness (QED) is 0.451. The molecule has 0 unspecified atom stereocenters. The number of aliphatic hydroxyl groups is 2. The Kier molecular flexibility index (Phi) is 41.8. The first-order valence-corrected chi connectivity index (χ1v) is 5.08. The number of carboxylic acids is 2. The summed E-state index contributed by atoms with van der Waals surface area (Å²) in [5, 5.41) is 31.3. The molecule has 0 saturated heterocycles. The minimum absolute atomic E-state index is 0. The maximum Gasteiger partial charge on any atom is 0.327 e. The molecule has 0 spiro atoms. The zero-order chi connectivity index (χ0) is 15.7. The van der Waals surface area contributed by atoms with E-state index in [1.165, 1.54) is 0 Å². The molecule has 112 valence electrons. The van der Waals surface area contributed by atoms with Gasteiger partial charge < -0.3 is 20.4 Å². The van der Waals surface area contributed by atoms with E-state index in [0.29, 0.717) is 0 Å². The molecule has 0 radical (unpaired) electrons. The van der Waals surface area contributed by atoms with Crippen molar-refractivity contribution in [1.29, 1.82) is 0 Å². The van der Waals surface area contributed by atoms with Crippen LogP contribution in [0.1, 0.15) is 27.7 Å². The Morgan fingerprint density at radius 3 is 0.895 bits per heavy atom. The Balaban J connectivity index is -0.0000000453. The van der Waals surface area contributed by atoms with E-state index in [4.69, 9.17) is 20.4 Å². The van der Waals surface area contributed by atoms with Crippen molar-refractivity contribution in [2.45, 2.75) is 39.9 Å². The van der Waals surface area contributed by atoms with E-state index in [9.17, 15) is 9.59 Å². The smallest absolute Gasteiger partial charge is 0.327 e. The second-order valence-corrected chi connectivity index (χ2v) is 3.27. The van der Waals surface area contributed by atoms with Crippen LogP contribution in [0.25, 0.3) is 0 Å². The number of hydrogen-bond donors (Lipinski definition) is 4. The monoisotopic (exact) mass is 312 g/mol. The van der Waals surface area contributed by atoms with Crippen LogP contribution in [0.4, 0.5) is 0 Å². The summed E-state index contributed by atoms with van der Waals surface area (Å²) < 4.78 is 0. The summed E-state index contributed by atoms with van der Waals surface area (Å²) in [6.07, 6.45) is 1.33. The van der Waals surface area contributed by atoms with Gasteiger partial charge in [-0.1, -0.05) is 13.2 Å². The van der Waals surface area contributed by atoms with Crippen LogP contribution in [0.5, 0.6) is 0 Å². The predicted molar refractivity (Wildman–Crippen MR) is 70.4 cm³/mol. The third kappa shape index (κ3) is 414. The van der Waals surface area contributed by atoms with Gasteiger partial charge in [-0.2, -0.15) is 0 Å². The van der Waals surface area contributed by atoms with Gasteiger partial charge in [0.25, 0.3) is 0 Å². The van der Waals surface area contributed by atoms with Crippen LogP contribution in [0, 0.1) is 0 Å². The Morgan fingerprint density at radius 1 is 0.842 bits per heavy atom. The molecule has 0 aromatic rings. The molecule has 0 rings (SSSR count). The van der Waals surface area contributed by atoms with Crippen molar-refractivity contribution >= 4 is 11.9 Å². The van der Waals surface area contributed by atoms with Crippen molar-refractivity contribution in [3.63, 3.8) is 0 Å². The minimum Gasteiger partial charge on any atom is -0.478 e. The van der Waals surface area contributed by atoms with Gasteiger partial charge in [0, 0.05) is 46.1 Å². The van der Waals surface area contributed by atoms with Gasteiger partial charge in [0.15, 0.2) is 0 Å². The summed E-state index contributed by atoms with van der Waals surface area (Å²) in [5.41, 5.74) is 0. The van der Waals surface area contributed by atoms with Gasteiger partial charge in [-0.25, -0.2) is 9.59 Å². The van der Waals surface area contributed by atoms with Gasteiger partial charge in [0.1, 0.15) is 0 Å². The van der Waals surface area contributed by atoms with E-state index in [-0.39, 0.29) is 33.9 Å². The maximum absolute atomic E-state index is 9.25. The van der Waals surface area contributed by atoms with Crippen molar-refractivity contribution in [2.24, 2.45) is 0 Å². The van der Waals surface area contributed by atoms with Crippen molar-refractivity contribution < 1.29 is 51.7 Å². The summed E-state index contributed by atoms with van der Waals surface area (Å²) >= 11 is 0. The molecule has 19 heavy (non-hydrogen) atoms. The number of carboxylic acid groups (broad SMARTS) is 2. The van der Waals surface area contributed by atoms with Gasteiger partial charge in [-0.05, 0) is 27.7 Å². The second-order valence-electron chi connectivity index (χ2n) is 3.27. The number of rotatable bonds is 2. The van der Waals surface area contributed by atoms with Crippen molar-refractivity contribution in [2.75, 3.05) is 0 Å². The normalized spacial score (nSPS) is 7.16. The molecule has 0 heterocycles. The first-order chi connectivity index (χ1) is 8.00. The Hall–Kier alpha value is -0.946. The molecular formula is C12H24O6Ti. The Bertz CT molecular complexity index is 197. The molecule has 0 aromatic heterocycles. The zero-order valence-electron chi connectivity index (χ0n) is 11.8. The van der Waals surface area contributed by atoms with Gasteiger partial charge in [0.05, 0.1) is 0 Å². The largest absolute Gasteiger partial charge is 0.478 e. The standard InChI is InChI=1S/2C3H4O2.2C3H8O.Ti/c2*1-2-3(4)5;2*1-3(2)4;/h2*2H,1H2,(H,4,5);2*3-4H,1-2H3;. The second kappa shape index (κ2) is 25.8. The van der Waals surface area contributed by atoms with E-state index in [0.717, 1.165) is 12.2 Å². The molecule has 0 atom stereocenters. The first-order valence-electron chi connectivity index (χ1n) is 5.08. The van der Waals surface area contributed by atoms with E-state index in [2.05, 4.69) is 13.2 Å². The third-order valence-corrected chi connectivity index (χ3v) is 0.349. The number of aliphatic carboxylic acids is 2. The van der Waals surface area contributed by atoms with E-state index in [1.54, 1.807) is 27.7 Å². The molecule has 0 saturated carbocycles. The third-order valence-electron chi connectivity index (χ3n) is 0.349. The molecule has 0 fully saturated rings. The minimum atomic E-state index is -0.981. The molecule has 4 N–H and O–H groups in total. The number of hydrogen-bond acceptors (Lipinski definition) is 4. The summed E-state index contributed by atoms with van der Waals surface area (Å²) in [6, 6.07) is 0. The molecule has 0 aliphatic carbocycles.